The number of nitrogens with one attached hydrogen (secondary N) is 1. The summed E-state index contributed by atoms with van der Waals surface area (Å²) in [5, 5.41) is 11.1. The van der Waals surface area contributed by atoms with Crippen molar-refractivity contribution in [2.75, 3.05) is 11.9 Å². The minimum atomic E-state index is -4.45. The van der Waals surface area contributed by atoms with Crippen molar-refractivity contribution in [3.05, 3.63) is 59.7 Å². The van der Waals surface area contributed by atoms with Gasteiger partial charge in [-0.25, -0.2) is 0 Å². The van der Waals surface area contributed by atoms with Gasteiger partial charge >= 0.3 is 12.1 Å². The SMILES string of the molecule is O=C(O)CCCOc1ccc(NC(=O)Cc2cccc(C(F)(F)F)c2)cc1. The molecular weight excluding hydrogens is 363 g/mol. The van der Waals surface area contributed by atoms with E-state index in [1.165, 1.54) is 12.1 Å². The minimum absolute atomic E-state index is 0.0175. The van der Waals surface area contributed by atoms with E-state index in [4.69, 9.17) is 9.84 Å². The molecule has 0 aromatic heterocycles. The average Bonchev–Trinajstić information content (AvgIpc) is 2.59. The Kier molecular flexibility index (Phi) is 6.81. The molecule has 0 heterocycles. The smallest absolute Gasteiger partial charge is 0.416 e. The molecule has 1 amide bonds. The monoisotopic (exact) mass is 381 g/mol. The van der Waals surface area contributed by atoms with Crippen LogP contribution in [0.5, 0.6) is 5.75 Å². The number of hydrogen-bond donors (Lipinski definition) is 2. The number of amides is 1. The third-order valence-corrected chi connectivity index (χ3v) is 3.56. The summed E-state index contributed by atoms with van der Waals surface area (Å²) in [4.78, 5) is 22.4. The second-order valence-electron chi connectivity index (χ2n) is 5.79. The van der Waals surface area contributed by atoms with Crippen LogP contribution in [0.1, 0.15) is 24.0 Å². The van der Waals surface area contributed by atoms with E-state index in [1.807, 2.05) is 0 Å². The standard InChI is InChI=1S/C19H18F3NO4/c20-19(21,22)14-4-1-3-13(11-14)12-17(24)23-15-6-8-16(9-7-15)27-10-2-5-18(25)26/h1,3-4,6-9,11H,2,5,10,12H2,(H,23,24)(H,25,26). The predicted molar refractivity (Wildman–Crippen MR) is 92.6 cm³/mol. The summed E-state index contributed by atoms with van der Waals surface area (Å²) in [5.41, 5.74) is -0.0530. The van der Waals surface area contributed by atoms with Gasteiger partial charge in [0, 0.05) is 12.1 Å². The van der Waals surface area contributed by atoms with Gasteiger partial charge < -0.3 is 15.2 Å². The molecule has 5 nitrogen and oxygen atoms in total. The molecule has 144 valence electrons. The van der Waals surface area contributed by atoms with Crippen LogP contribution in [0, 0.1) is 0 Å². The van der Waals surface area contributed by atoms with Crippen LogP contribution in [0.3, 0.4) is 0 Å². The van der Waals surface area contributed by atoms with Crippen LogP contribution in [0.15, 0.2) is 48.5 Å². The van der Waals surface area contributed by atoms with Crippen LogP contribution >= 0.6 is 0 Å². The number of carboxylic acid groups (broad SMARTS) is 1. The fraction of sp³-hybridized carbons (Fsp3) is 0.263. The number of anilines is 1. The van der Waals surface area contributed by atoms with Crippen molar-refractivity contribution >= 4 is 17.6 Å². The summed E-state index contributed by atoms with van der Waals surface area (Å²) >= 11 is 0. The third-order valence-electron chi connectivity index (χ3n) is 3.56. The highest BCUT2D eigenvalue weighted by Gasteiger charge is 2.30. The van der Waals surface area contributed by atoms with Gasteiger partial charge in [-0.05, 0) is 42.3 Å². The highest BCUT2D eigenvalue weighted by molar-refractivity contribution is 5.92. The van der Waals surface area contributed by atoms with E-state index in [-0.39, 0.29) is 25.0 Å². The molecule has 0 aliphatic carbocycles. The van der Waals surface area contributed by atoms with E-state index in [9.17, 15) is 22.8 Å². The fourth-order valence-corrected chi connectivity index (χ4v) is 2.30. The van der Waals surface area contributed by atoms with Gasteiger partial charge in [0.2, 0.25) is 5.91 Å². The van der Waals surface area contributed by atoms with Gasteiger partial charge in [0.05, 0.1) is 18.6 Å². The normalized spacial score (nSPS) is 11.1. The number of ether oxygens (including phenoxy) is 1. The van der Waals surface area contributed by atoms with E-state index in [0.29, 0.717) is 17.9 Å². The van der Waals surface area contributed by atoms with Crippen LogP contribution in [0.25, 0.3) is 0 Å². The largest absolute Gasteiger partial charge is 0.494 e. The maximum Gasteiger partial charge on any atom is 0.416 e. The van der Waals surface area contributed by atoms with Crippen LogP contribution in [0.2, 0.25) is 0 Å². The first-order valence-corrected chi connectivity index (χ1v) is 8.14. The molecule has 0 aliphatic rings. The Hall–Kier alpha value is -3.03. The lowest BCUT2D eigenvalue weighted by molar-refractivity contribution is -0.138. The van der Waals surface area contributed by atoms with Crippen molar-refractivity contribution in [3.8, 4) is 5.75 Å². The molecule has 8 heteroatoms. The summed E-state index contributed by atoms with van der Waals surface area (Å²) in [6, 6.07) is 11.0. The van der Waals surface area contributed by atoms with Crippen molar-refractivity contribution in [1.82, 2.24) is 0 Å². The van der Waals surface area contributed by atoms with E-state index >= 15 is 0 Å². The molecule has 2 N–H and O–H groups in total. The molecule has 0 atom stereocenters. The second-order valence-corrected chi connectivity index (χ2v) is 5.79. The lowest BCUT2D eigenvalue weighted by atomic mass is 10.1. The van der Waals surface area contributed by atoms with Gasteiger partial charge in [-0.1, -0.05) is 18.2 Å². The number of halogens is 3. The van der Waals surface area contributed by atoms with Gasteiger partial charge in [0.1, 0.15) is 5.75 Å². The number of aliphatic carboxylic acids is 1. The number of benzene rings is 2. The predicted octanol–water partition coefficient (Wildman–Crippen LogP) is 4.13. The zero-order valence-electron chi connectivity index (χ0n) is 14.3. The Bertz CT molecular complexity index is 788. The Balaban J connectivity index is 1.86. The average molecular weight is 381 g/mol. The minimum Gasteiger partial charge on any atom is -0.494 e. The molecule has 0 saturated carbocycles. The first-order valence-electron chi connectivity index (χ1n) is 8.14. The van der Waals surface area contributed by atoms with Crippen molar-refractivity contribution in [1.29, 1.82) is 0 Å². The Morgan fingerprint density at radius 2 is 1.78 bits per heavy atom. The highest BCUT2D eigenvalue weighted by atomic mass is 19.4. The maximum absolute atomic E-state index is 12.7. The molecule has 2 rings (SSSR count). The molecule has 0 radical (unpaired) electrons. The van der Waals surface area contributed by atoms with Gasteiger partial charge in [-0.2, -0.15) is 13.2 Å². The Labute approximate surface area is 153 Å². The second kappa shape index (κ2) is 9.07. The van der Waals surface area contributed by atoms with Crippen molar-refractivity contribution in [2.24, 2.45) is 0 Å². The van der Waals surface area contributed by atoms with Crippen LogP contribution in [-0.2, 0) is 22.2 Å². The third kappa shape index (κ3) is 7.01. The van der Waals surface area contributed by atoms with E-state index < -0.39 is 23.6 Å². The zero-order chi connectivity index (χ0) is 19.9. The number of alkyl halides is 3. The summed E-state index contributed by atoms with van der Waals surface area (Å²) < 4.78 is 43.5. The van der Waals surface area contributed by atoms with Gasteiger partial charge in [0.15, 0.2) is 0 Å². The summed E-state index contributed by atoms with van der Waals surface area (Å²) in [6.45, 7) is 0.257. The number of hydrogen-bond acceptors (Lipinski definition) is 3. The van der Waals surface area contributed by atoms with Crippen LogP contribution < -0.4 is 10.1 Å². The highest BCUT2D eigenvalue weighted by Crippen LogP contribution is 2.29. The quantitative estimate of drug-likeness (QED) is 0.674. The lowest BCUT2D eigenvalue weighted by Gasteiger charge is -2.10. The van der Waals surface area contributed by atoms with Gasteiger partial charge in [-0.3, -0.25) is 9.59 Å². The molecule has 27 heavy (non-hydrogen) atoms. The Morgan fingerprint density at radius 3 is 2.41 bits per heavy atom. The van der Waals surface area contributed by atoms with Crippen molar-refractivity contribution in [2.45, 2.75) is 25.4 Å². The van der Waals surface area contributed by atoms with Crippen molar-refractivity contribution in [3.63, 3.8) is 0 Å². The molecule has 2 aromatic rings. The summed E-state index contributed by atoms with van der Waals surface area (Å²) in [7, 11) is 0. The number of carboxylic acids is 1. The first kappa shape index (κ1) is 20.3. The number of carbonyl (C=O) groups is 2. The van der Waals surface area contributed by atoms with E-state index in [1.54, 1.807) is 24.3 Å². The molecule has 0 spiro atoms. The van der Waals surface area contributed by atoms with Crippen LogP contribution in [-0.4, -0.2) is 23.6 Å². The molecule has 0 unspecified atom stereocenters. The molecule has 0 saturated heterocycles. The van der Waals surface area contributed by atoms with E-state index in [0.717, 1.165) is 12.1 Å². The molecule has 0 fully saturated rings. The molecule has 0 aliphatic heterocycles. The molecular formula is C19H18F3NO4. The Morgan fingerprint density at radius 1 is 1.07 bits per heavy atom. The summed E-state index contributed by atoms with van der Waals surface area (Å²) in [5.74, 6) is -0.807. The van der Waals surface area contributed by atoms with E-state index in [2.05, 4.69) is 5.32 Å². The zero-order valence-corrected chi connectivity index (χ0v) is 14.3. The van der Waals surface area contributed by atoms with Crippen LogP contribution in [0.4, 0.5) is 18.9 Å². The topological polar surface area (TPSA) is 75.6 Å². The van der Waals surface area contributed by atoms with Gasteiger partial charge in [-0.15, -0.1) is 0 Å². The van der Waals surface area contributed by atoms with Crippen molar-refractivity contribution < 1.29 is 32.6 Å². The molecule has 0 bridgehead atoms. The molecule has 2 aromatic carbocycles. The fourth-order valence-electron chi connectivity index (χ4n) is 2.30. The summed E-state index contributed by atoms with van der Waals surface area (Å²) in [6.07, 6.45) is -4.24. The number of rotatable bonds is 8. The maximum atomic E-state index is 12.7. The lowest BCUT2D eigenvalue weighted by Crippen LogP contribution is -2.15. The van der Waals surface area contributed by atoms with Gasteiger partial charge in [0.25, 0.3) is 0 Å². The first-order chi connectivity index (χ1) is 12.7. The number of carbonyl (C=O) groups excluding carboxylic acids is 1.